The molecule has 0 radical (unpaired) electrons. The molecule has 0 aliphatic carbocycles. The maximum Gasteiger partial charge on any atom is 0.197 e. The quantitative estimate of drug-likeness (QED) is 0.151. The summed E-state index contributed by atoms with van der Waals surface area (Å²) in [6.07, 6.45) is 0.757. The molecule has 2 nitrogen and oxygen atoms in total. The highest BCUT2D eigenvalue weighted by atomic mass is 33.1. The fourth-order valence-electron chi connectivity index (χ4n) is 2.42. The third-order valence-electron chi connectivity index (χ3n) is 3.68. The van der Waals surface area contributed by atoms with Crippen LogP contribution in [0.4, 0.5) is 5.69 Å². The number of rotatable bonds is 9. The third kappa shape index (κ3) is 7.30. The number of ether oxygens (including phenoxy) is 1. The van der Waals surface area contributed by atoms with Crippen molar-refractivity contribution in [3.63, 3.8) is 0 Å². The zero-order valence-electron chi connectivity index (χ0n) is 15.7. The minimum absolute atomic E-state index is 0.349. The van der Waals surface area contributed by atoms with Crippen LogP contribution < -0.4 is 4.74 Å². The molecule has 0 saturated carbocycles. The van der Waals surface area contributed by atoms with Crippen molar-refractivity contribution >= 4 is 44.9 Å². The van der Waals surface area contributed by atoms with Gasteiger partial charge in [-0.2, -0.15) is 0 Å². The molecular weight excluding hydrogens is 402 g/mol. The lowest BCUT2D eigenvalue weighted by atomic mass is 10.3. The van der Waals surface area contributed by atoms with Crippen LogP contribution in [0.1, 0.15) is 13.3 Å². The van der Waals surface area contributed by atoms with Gasteiger partial charge in [0.15, 0.2) is 5.90 Å². The predicted octanol–water partition coefficient (Wildman–Crippen LogP) is 7.71. The summed E-state index contributed by atoms with van der Waals surface area (Å²) in [5.41, 5.74) is 0.911. The molecule has 3 aromatic carbocycles. The van der Waals surface area contributed by atoms with Crippen LogP contribution in [0, 0.1) is 0 Å². The summed E-state index contributed by atoms with van der Waals surface area (Å²) in [5.74, 6) is 2.61. The Hall–Kier alpha value is -1.82. The second-order valence-electron chi connectivity index (χ2n) is 5.84. The van der Waals surface area contributed by atoms with Crippen LogP contribution in [-0.4, -0.2) is 16.2 Å². The Kier molecular flexibility index (Phi) is 8.88. The molecule has 0 spiro atoms. The number of hydrogen-bond acceptors (Lipinski definition) is 5. The minimum Gasteiger partial charge on any atom is -0.443 e. The van der Waals surface area contributed by atoms with Crippen LogP contribution in [0.2, 0.25) is 0 Å². The maximum atomic E-state index is 6.16. The lowest BCUT2D eigenvalue weighted by molar-refractivity contribution is 0.535. The largest absolute Gasteiger partial charge is 0.443 e. The number of thioether (sulfide) groups is 1. The molecular formula is C23H23NOS3. The highest BCUT2D eigenvalue weighted by molar-refractivity contribution is 8.78. The Morgan fingerprint density at radius 1 is 0.857 bits per heavy atom. The summed E-state index contributed by atoms with van der Waals surface area (Å²) in [6, 6.07) is 30.4. The molecule has 1 atom stereocenters. The molecule has 144 valence electrons. The van der Waals surface area contributed by atoms with Gasteiger partial charge in [0, 0.05) is 11.3 Å². The van der Waals surface area contributed by atoms with E-state index in [2.05, 4.69) is 31.2 Å². The van der Waals surface area contributed by atoms with E-state index in [4.69, 9.17) is 9.73 Å². The molecule has 0 saturated heterocycles. The minimum atomic E-state index is 0.349. The first-order valence-corrected chi connectivity index (χ1v) is 12.4. The van der Waals surface area contributed by atoms with Crippen molar-refractivity contribution < 1.29 is 4.74 Å². The third-order valence-corrected chi connectivity index (χ3v) is 8.12. The van der Waals surface area contributed by atoms with Gasteiger partial charge in [0.25, 0.3) is 0 Å². The zero-order valence-corrected chi connectivity index (χ0v) is 18.2. The molecule has 28 heavy (non-hydrogen) atoms. The SMILES string of the molecule is CCSC(C/C(=N/c1ccccc1)Oc1ccccc1)SSc1ccccc1. The number of para-hydroxylation sites is 2. The first kappa shape index (κ1) is 20.9. The van der Waals surface area contributed by atoms with E-state index >= 15 is 0 Å². The molecule has 0 aliphatic heterocycles. The zero-order chi connectivity index (χ0) is 19.4. The predicted molar refractivity (Wildman–Crippen MR) is 127 cm³/mol. The van der Waals surface area contributed by atoms with Crippen LogP contribution in [-0.2, 0) is 0 Å². The Morgan fingerprint density at radius 3 is 2.11 bits per heavy atom. The summed E-state index contributed by atoms with van der Waals surface area (Å²) in [4.78, 5) is 6.05. The Bertz CT molecular complexity index is 841. The summed E-state index contributed by atoms with van der Waals surface area (Å²) in [5, 5.41) is 0. The second kappa shape index (κ2) is 11.9. The standard InChI is InChI=1S/C23H23NOS3/c1-2-26-23(28-27-21-16-10-5-11-17-21)18-22(24-19-12-6-3-7-13-19)25-20-14-8-4-9-15-20/h3-17,23H,2,18H2,1H3/b24-22-. The summed E-state index contributed by atoms with van der Waals surface area (Å²) in [7, 11) is 3.68. The molecule has 5 heteroatoms. The number of aliphatic imine (C=N–C) groups is 1. The number of nitrogens with zero attached hydrogens (tertiary/aromatic N) is 1. The highest BCUT2D eigenvalue weighted by Gasteiger charge is 2.16. The van der Waals surface area contributed by atoms with Crippen molar-refractivity contribution in [3.8, 4) is 5.75 Å². The Labute approximate surface area is 179 Å². The topological polar surface area (TPSA) is 21.6 Å². The first-order chi connectivity index (χ1) is 13.8. The lowest BCUT2D eigenvalue weighted by Gasteiger charge is -2.17. The van der Waals surface area contributed by atoms with Crippen molar-refractivity contribution in [2.45, 2.75) is 22.8 Å². The van der Waals surface area contributed by atoms with E-state index < -0.39 is 0 Å². The van der Waals surface area contributed by atoms with Gasteiger partial charge in [-0.1, -0.05) is 83.1 Å². The van der Waals surface area contributed by atoms with Crippen molar-refractivity contribution in [2.75, 3.05) is 5.75 Å². The molecule has 1 unspecified atom stereocenters. The van der Waals surface area contributed by atoms with E-state index in [-0.39, 0.29) is 0 Å². The normalized spacial score (nSPS) is 12.5. The second-order valence-corrected chi connectivity index (χ2v) is 10.1. The molecule has 3 rings (SSSR count). The number of benzene rings is 3. The molecule has 0 heterocycles. The molecule has 0 N–H and O–H groups in total. The van der Waals surface area contributed by atoms with E-state index in [9.17, 15) is 0 Å². The first-order valence-electron chi connectivity index (χ1n) is 9.19. The molecule has 0 bridgehead atoms. The van der Waals surface area contributed by atoms with Gasteiger partial charge >= 0.3 is 0 Å². The van der Waals surface area contributed by atoms with Gasteiger partial charge in [0.2, 0.25) is 0 Å². The highest BCUT2D eigenvalue weighted by Crippen LogP contribution is 2.40. The summed E-state index contributed by atoms with van der Waals surface area (Å²) in [6.45, 7) is 2.19. The average Bonchev–Trinajstić information content (AvgIpc) is 2.74. The fourth-order valence-corrected chi connectivity index (χ4v) is 6.42. The molecule has 0 amide bonds. The number of hydrogen-bond donors (Lipinski definition) is 0. The Balaban J connectivity index is 1.74. The molecule has 0 aromatic heterocycles. The molecule has 0 fully saturated rings. The average molecular weight is 426 g/mol. The maximum absolute atomic E-state index is 6.16. The van der Waals surface area contributed by atoms with Crippen LogP contribution in [0.25, 0.3) is 0 Å². The van der Waals surface area contributed by atoms with E-state index in [1.165, 1.54) is 4.90 Å². The van der Waals surface area contributed by atoms with Crippen LogP contribution in [0.3, 0.4) is 0 Å². The fraction of sp³-hybridized carbons (Fsp3) is 0.174. The van der Waals surface area contributed by atoms with Crippen LogP contribution in [0.5, 0.6) is 5.75 Å². The van der Waals surface area contributed by atoms with Crippen molar-refractivity contribution in [1.29, 1.82) is 0 Å². The van der Waals surface area contributed by atoms with Gasteiger partial charge < -0.3 is 4.74 Å². The van der Waals surface area contributed by atoms with Gasteiger partial charge in [-0.3, -0.25) is 0 Å². The van der Waals surface area contributed by atoms with E-state index in [1.54, 1.807) is 0 Å². The van der Waals surface area contributed by atoms with Gasteiger partial charge in [0.1, 0.15) is 5.75 Å². The van der Waals surface area contributed by atoms with Crippen LogP contribution in [0.15, 0.2) is 101 Å². The van der Waals surface area contributed by atoms with E-state index in [1.807, 2.05) is 100 Å². The molecule has 3 aromatic rings. The summed E-state index contributed by atoms with van der Waals surface area (Å²) >= 11 is 1.93. The summed E-state index contributed by atoms with van der Waals surface area (Å²) < 4.78 is 6.51. The van der Waals surface area contributed by atoms with E-state index in [0.717, 1.165) is 29.5 Å². The van der Waals surface area contributed by atoms with E-state index in [0.29, 0.717) is 4.58 Å². The van der Waals surface area contributed by atoms with Gasteiger partial charge in [-0.25, -0.2) is 4.99 Å². The van der Waals surface area contributed by atoms with Gasteiger partial charge in [-0.15, -0.1) is 11.8 Å². The molecule has 0 aliphatic rings. The monoisotopic (exact) mass is 425 g/mol. The van der Waals surface area contributed by atoms with Crippen molar-refractivity contribution in [1.82, 2.24) is 0 Å². The van der Waals surface area contributed by atoms with Gasteiger partial charge in [0.05, 0.1) is 10.3 Å². The van der Waals surface area contributed by atoms with Gasteiger partial charge in [-0.05, 0) is 42.2 Å². The Morgan fingerprint density at radius 2 is 1.46 bits per heavy atom. The smallest absolute Gasteiger partial charge is 0.197 e. The van der Waals surface area contributed by atoms with Crippen molar-refractivity contribution in [2.24, 2.45) is 4.99 Å². The van der Waals surface area contributed by atoms with Crippen LogP contribution >= 0.6 is 33.3 Å². The van der Waals surface area contributed by atoms with Crippen molar-refractivity contribution in [3.05, 3.63) is 91.0 Å². The lowest BCUT2D eigenvalue weighted by Crippen LogP contribution is -2.14.